The van der Waals surface area contributed by atoms with Crippen molar-refractivity contribution in [3.63, 3.8) is 0 Å². The Morgan fingerprint density at radius 3 is 2.80 bits per heavy atom. The molecule has 0 atom stereocenters. The Kier molecular flexibility index (Phi) is 1.54. The first-order valence-corrected chi connectivity index (χ1v) is 4.88. The molecule has 0 amide bonds. The molecule has 0 spiro atoms. The lowest BCUT2D eigenvalue weighted by molar-refractivity contribution is 1.31. The van der Waals surface area contributed by atoms with Crippen molar-refractivity contribution in [2.24, 2.45) is 0 Å². The molecule has 2 aromatic heterocycles. The summed E-state index contributed by atoms with van der Waals surface area (Å²) < 4.78 is 0. The fourth-order valence-electron chi connectivity index (χ4n) is 2.08. The van der Waals surface area contributed by atoms with E-state index < -0.39 is 0 Å². The molecule has 1 aromatic carbocycles. The van der Waals surface area contributed by atoms with E-state index >= 15 is 0 Å². The van der Waals surface area contributed by atoms with Crippen LogP contribution in [0.4, 0.5) is 0 Å². The van der Waals surface area contributed by atoms with Crippen LogP contribution in [0.25, 0.3) is 28.3 Å². The van der Waals surface area contributed by atoms with Gasteiger partial charge in [-0.3, -0.25) is 9.97 Å². The van der Waals surface area contributed by atoms with Gasteiger partial charge in [-0.1, -0.05) is 18.7 Å². The third-order valence-corrected chi connectivity index (χ3v) is 2.79. The number of hydrogen-bond acceptors (Lipinski definition) is 2. The van der Waals surface area contributed by atoms with E-state index in [-0.39, 0.29) is 0 Å². The van der Waals surface area contributed by atoms with Gasteiger partial charge in [-0.15, -0.1) is 0 Å². The van der Waals surface area contributed by atoms with E-state index in [2.05, 4.69) is 35.6 Å². The van der Waals surface area contributed by atoms with Crippen molar-refractivity contribution in [1.29, 1.82) is 0 Å². The highest BCUT2D eigenvalue weighted by molar-refractivity contribution is 6.08. The summed E-state index contributed by atoms with van der Waals surface area (Å²) in [6.07, 6.45) is 5.48. The van der Waals surface area contributed by atoms with Gasteiger partial charge < -0.3 is 0 Å². The summed E-state index contributed by atoms with van der Waals surface area (Å²) in [6, 6.07) is 4.19. The zero-order valence-corrected chi connectivity index (χ0v) is 8.49. The van der Waals surface area contributed by atoms with Gasteiger partial charge in [-0.2, -0.15) is 0 Å². The molecule has 0 aliphatic rings. The molecule has 15 heavy (non-hydrogen) atoms. The average molecular weight is 194 g/mol. The second kappa shape index (κ2) is 2.76. The maximum Gasteiger partial charge on any atom is 0.0897 e. The number of hydrogen-bond donors (Lipinski definition) is 0. The van der Waals surface area contributed by atoms with Crippen molar-refractivity contribution in [1.82, 2.24) is 9.97 Å². The van der Waals surface area contributed by atoms with Gasteiger partial charge in [-0.05, 0) is 23.1 Å². The Morgan fingerprint density at radius 2 is 1.93 bits per heavy atom. The largest absolute Gasteiger partial charge is 0.262 e. The van der Waals surface area contributed by atoms with E-state index in [9.17, 15) is 0 Å². The van der Waals surface area contributed by atoms with Crippen molar-refractivity contribution in [3.05, 3.63) is 41.5 Å². The van der Waals surface area contributed by atoms with E-state index in [1.54, 1.807) is 6.20 Å². The van der Waals surface area contributed by atoms with E-state index in [1.807, 2.05) is 12.4 Å². The molecule has 2 heterocycles. The van der Waals surface area contributed by atoms with Gasteiger partial charge >= 0.3 is 0 Å². The normalized spacial score (nSPS) is 11.3. The molecule has 3 rings (SSSR count). The second-order valence-corrected chi connectivity index (χ2v) is 3.80. The van der Waals surface area contributed by atoms with Gasteiger partial charge in [0.25, 0.3) is 0 Å². The van der Waals surface area contributed by atoms with Crippen LogP contribution in [0.2, 0.25) is 0 Å². The van der Waals surface area contributed by atoms with Gasteiger partial charge in [-0.25, -0.2) is 0 Å². The topological polar surface area (TPSA) is 25.8 Å². The summed E-state index contributed by atoms with van der Waals surface area (Å²) in [5, 5.41) is 4.50. The van der Waals surface area contributed by atoms with Crippen LogP contribution in [0.3, 0.4) is 0 Å². The lowest BCUT2D eigenvalue weighted by Crippen LogP contribution is -2.03. The van der Waals surface area contributed by atoms with E-state index in [0.29, 0.717) is 0 Å². The minimum Gasteiger partial charge on any atom is -0.262 e. The zero-order chi connectivity index (χ0) is 10.4. The third kappa shape index (κ3) is 1.05. The molecule has 0 aliphatic carbocycles. The molecule has 0 saturated heterocycles. The lowest BCUT2D eigenvalue weighted by atomic mass is 10.0. The van der Waals surface area contributed by atoms with Crippen LogP contribution in [0.5, 0.6) is 0 Å². The molecule has 0 bridgehead atoms. The van der Waals surface area contributed by atoms with Crippen LogP contribution in [0, 0.1) is 6.92 Å². The first kappa shape index (κ1) is 8.36. The van der Waals surface area contributed by atoms with Crippen molar-refractivity contribution in [2.75, 3.05) is 0 Å². The summed E-state index contributed by atoms with van der Waals surface area (Å²) in [5.74, 6) is 0. The van der Waals surface area contributed by atoms with Crippen LogP contribution >= 0.6 is 0 Å². The van der Waals surface area contributed by atoms with Crippen molar-refractivity contribution >= 4 is 28.3 Å². The molecule has 0 fully saturated rings. The summed E-state index contributed by atoms with van der Waals surface area (Å²) in [5.41, 5.74) is 2.18. The first-order valence-electron chi connectivity index (χ1n) is 4.88. The highest BCUT2D eigenvalue weighted by atomic mass is 14.7. The quantitative estimate of drug-likeness (QED) is 0.548. The molecule has 0 saturated carbocycles. The third-order valence-electron chi connectivity index (χ3n) is 2.79. The molecule has 3 aromatic rings. The van der Waals surface area contributed by atoms with Gasteiger partial charge in [0.1, 0.15) is 0 Å². The van der Waals surface area contributed by atoms with E-state index in [0.717, 1.165) is 16.1 Å². The summed E-state index contributed by atoms with van der Waals surface area (Å²) in [7, 11) is 0. The standard InChI is InChI=1S/C13H10N2/c1-8-3-4-10-6-14-7-11-13(10)12(8)9(2)5-15-11/h3-7H,2H2,1H3. The van der Waals surface area contributed by atoms with Crippen molar-refractivity contribution < 1.29 is 0 Å². The molecule has 0 radical (unpaired) electrons. The fourth-order valence-corrected chi connectivity index (χ4v) is 2.08. The SMILES string of the molecule is C=c1cnc2cncc3ccc(C)c1c32. The smallest absolute Gasteiger partial charge is 0.0897 e. The fraction of sp³-hybridized carbons (Fsp3) is 0.0769. The van der Waals surface area contributed by atoms with Crippen LogP contribution in [0.1, 0.15) is 5.56 Å². The molecular weight excluding hydrogens is 184 g/mol. The van der Waals surface area contributed by atoms with Crippen LogP contribution in [-0.2, 0) is 0 Å². The average Bonchev–Trinajstić information content (AvgIpc) is 2.25. The molecule has 0 unspecified atom stereocenters. The minimum absolute atomic E-state index is 0.943. The maximum absolute atomic E-state index is 4.35. The summed E-state index contributed by atoms with van der Waals surface area (Å²) in [6.45, 7) is 6.13. The van der Waals surface area contributed by atoms with Crippen molar-refractivity contribution in [2.45, 2.75) is 6.92 Å². The van der Waals surface area contributed by atoms with Gasteiger partial charge in [0, 0.05) is 23.2 Å². The first-order chi connectivity index (χ1) is 7.27. The Hall–Kier alpha value is -1.96. The number of pyridine rings is 2. The van der Waals surface area contributed by atoms with Crippen LogP contribution in [-0.4, -0.2) is 9.97 Å². The van der Waals surface area contributed by atoms with Crippen molar-refractivity contribution in [3.8, 4) is 0 Å². The second-order valence-electron chi connectivity index (χ2n) is 3.80. The van der Waals surface area contributed by atoms with Crippen LogP contribution in [0.15, 0.2) is 30.7 Å². The summed E-state index contributed by atoms with van der Waals surface area (Å²) >= 11 is 0. The molecule has 0 N–H and O–H groups in total. The zero-order valence-electron chi connectivity index (χ0n) is 8.49. The summed E-state index contributed by atoms with van der Waals surface area (Å²) in [4.78, 5) is 8.52. The highest BCUT2D eigenvalue weighted by Gasteiger charge is 2.05. The van der Waals surface area contributed by atoms with E-state index in [1.165, 1.54) is 16.3 Å². The molecule has 2 nitrogen and oxygen atoms in total. The molecule has 72 valence electrons. The Bertz CT molecular complexity index is 685. The van der Waals surface area contributed by atoms with Gasteiger partial charge in [0.15, 0.2) is 0 Å². The number of benzene rings is 1. The Labute approximate surface area is 87.3 Å². The molecular formula is C13H10N2. The highest BCUT2D eigenvalue weighted by Crippen LogP contribution is 2.23. The maximum atomic E-state index is 4.35. The minimum atomic E-state index is 0.943. The van der Waals surface area contributed by atoms with Gasteiger partial charge in [0.2, 0.25) is 0 Å². The Morgan fingerprint density at radius 1 is 1.07 bits per heavy atom. The van der Waals surface area contributed by atoms with Gasteiger partial charge in [0.05, 0.1) is 11.7 Å². The number of nitrogens with zero attached hydrogens (tertiary/aromatic N) is 2. The molecule has 2 heteroatoms. The number of rotatable bonds is 0. The predicted molar refractivity (Wildman–Crippen MR) is 62.5 cm³/mol. The monoisotopic (exact) mass is 194 g/mol. The Balaban J connectivity index is 2.79. The number of aryl methyl sites for hydroxylation is 1. The lowest BCUT2D eigenvalue weighted by Gasteiger charge is -2.06. The van der Waals surface area contributed by atoms with E-state index in [4.69, 9.17) is 0 Å². The molecule has 0 aliphatic heterocycles. The predicted octanol–water partition coefficient (Wildman–Crippen LogP) is 2.22. The van der Waals surface area contributed by atoms with Crippen LogP contribution < -0.4 is 5.22 Å². The number of aromatic nitrogens is 2.